The van der Waals surface area contributed by atoms with Crippen molar-refractivity contribution in [3.05, 3.63) is 66.5 Å². The number of carbonyl (C=O) groups is 1. The van der Waals surface area contributed by atoms with E-state index in [2.05, 4.69) is 16.9 Å². The molecule has 1 heterocycles. The summed E-state index contributed by atoms with van der Waals surface area (Å²) in [5.74, 6) is 0.537. The second-order valence-electron chi connectivity index (χ2n) is 4.47. The van der Waals surface area contributed by atoms with Gasteiger partial charge in [0.1, 0.15) is 12.4 Å². The normalized spacial score (nSPS) is 9.85. The van der Waals surface area contributed by atoms with Crippen molar-refractivity contribution in [3.8, 4) is 5.75 Å². The smallest absolute Gasteiger partial charge is 0.255 e. The molecule has 0 spiro atoms. The molecule has 0 aliphatic carbocycles. The fourth-order valence-corrected chi connectivity index (χ4v) is 1.55. The van der Waals surface area contributed by atoms with Crippen LogP contribution in [0.25, 0.3) is 0 Å². The average molecular weight is 268 g/mol. The van der Waals surface area contributed by atoms with E-state index < -0.39 is 0 Å². The van der Waals surface area contributed by atoms with Gasteiger partial charge in [-0.1, -0.05) is 6.58 Å². The predicted octanol–water partition coefficient (Wildman–Crippen LogP) is 3.29. The first-order valence-electron chi connectivity index (χ1n) is 6.24. The first-order valence-corrected chi connectivity index (χ1v) is 6.24. The van der Waals surface area contributed by atoms with Gasteiger partial charge in [0.25, 0.3) is 5.91 Å². The molecule has 0 saturated carbocycles. The maximum atomic E-state index is 12.0. The van der Waals surface area contributed by atoms with Crippen LogP contribution in [0.4, 0.5) is 5.69 Å². The Bertz CT molecular complexity index is 592. The summed E-state index contributed by atoms with van der Waals surface area (Å²) in [6.45, 7) is 6.14. The van der Waals surface area contributed by atoms with Gasteiger partial charge in [-0.25, -0.2) is 0 Å². The van der Waals surface area contributed by atoms with Crippen LogP contribution in [0.15, 0.2) is 60.9 Å². The molecule has 2 rings (SSSR count). The summed E-state index contributed by atoms with van der Waals surface area (Å²) in [4.78, 5) is 15.9. The van der Waals surface area contributed by atoms with Crippen LogP contribution in [0.1, 0.15) is 17.3 Å². The number of nitrogens with one attached hydrogen (secondary N) is 1. The lowest BCUT2D eigenvalue weighted by Gasteiger charge is -2.07. The summed E-state index contributed by atoms with van der Waals surface area (Å²) in [5.41, 5.74) is 2.18. The first-order chi connectivity index (χ1) is 9.65. The van der Waals surface area contributed by atoms with Gasteiger partial charge in [-0.2, -0.15) is 0 Å². The highest BCUT2D eigenvalue weighted by molar-refractivity contribution is 6.04. The Kier molecular flexibility index (Phi) is 4.50. The predicted molar refractivity (Wildman–Crippen MR) is 78.9 cm³/mol. The van der Waals surface area contributed by atoms with E-state index in [1.807, 2.05) is 6.92 Å². The van der Waals surface area contributed by atoms with Gasteiger partial charge in [-0.3, -0.25) is 9.78 Å². The van der Waals surface area contributed by atoms with Crippen molar-refractivity contribution in [2.24, 2.45) is 0 Å². The second kappa shape index (κ2) is 6.52. The van der Waals surface area contributed by atoms with Crippen molar-refractivity contribution < 1.29 is 9.53 Å². The number of rotatable bonds is 5. The van der Waals surface area contributed by atoms with Gasteiger partial charge in [0.15, 0.2) is 0 Å². The van der Waals surface area contributed by atoms with Crippen LogP contribution >= 0.6 is 0 Å². The number of hydrogen-bond acceptors (Lipinski definition) is 3. The van der Waals surface area contributed by atoms with Gasteiger partial charge >= 0.3 is 0 Å². The molecular weight excluding hydrogens is 252 g/mol. The molecule has 1 N–H and O–H groups in total. The number of pyridine rings is 1. The third-order valence-corrected chi connectivity index (χ3v) is 2.52. The molecular formula is C16H16N2O2. The van der Waals surface area contributed by atoms with Crippen molar-refractivity contribution in [1.82, 2.24) is 4.98 Å². The molecule has 1 aromatic heterocycles. The zero-order valence-corrected chi connectivity index (χ0v) is 11.3. The minimum absolute atomic E-state index is 0.176. The summed E-state index contributed by atoms with van der Waals surface area (Å²) in [6, 6.07) is 10.5. The van der Waals surface area contributed by atoms with Gasteiger partial charge in [-0.15, -0.1) is 0 Å². The maximum Gasteiger partial charge on any atom is 0.255 e. The van der Waals surface area contributed by atoms with Crippen LogP contribution in [0.2, 0.25) is 0 Å². The van der Waals surface area contributed by atoms with E-state index in [0.717, 1.165) is 5.57 Å². The van der Waals surface area contributed by atoms with Crippen LogP contribution in [0.3, 0.4) is 0 Å². The topological polar surface area (TPSA) is 51.2 Å². The highest BCUT2D eigenvalue weighted by atomic mass is 16.5. The van der Waals surface area contributed by atoms with Gasteiger partial charge in [0.05, 0.1) is 11.9 Å². The largest absolute Gasteiger partial charge is 0.489 e. The summed E-state index contributed by atoms with van der Waals surface area (Å²) in [6.07, 6.45) is 3.26. The van der Waals surface area contributed by atoms with Crippen LogP contribution in [-0.4, -0.2) is 17.5 Å². The molecule has 0 saturated heterocycles. The molecule has 20 heavy (non-hydrogen) atoms. The first kappa shape index (κ1) is 13.8. The molecule has 0 bridgehead atoms. The third kappa shape index (κ3) is 3.95. The standard InChI is InChI=1S/C16H16N2O2/c1-12(2)11-20-15-7-5-13(6-8-15)16(19)18-14-4-3-9-17-10-14/h3-10H,1,11H2,2H3,(H,18,19). The molecule has 0 aliphatic heterocycles. The lowest BCUT2D eigenvalue weighted by Crippen LogP contribution is -2.11. The minimum Gasteiger partial charge on any atom is -0.489 e. The number of carbonyl (C=O) groups excluding carboxylic acids is 1. The number of ether oxygens (including phenoxy) is 1. The number of nitrogens with zero attached hydrogens (tertiary/aromatic N) is 1. The van der Waals surface area contributed by atoms with Crippen LogP contribution in [-0.2, 0) is 0 Å². The molecule has 0 fully saturated rings. The minimum atomic E-state index is -0.176. The van der Waals surface area contributed by atoms with Crippen molar-refractivity contribution in [2.45, 2.75) is 6.92 Å². The fraction of sp³-hybridized carbons (Fsp3) is 0.125. The Morgan fingerprint density at radius 3 is 2.65 bits per heavy atom. The second-order valence-corrected chi connectivity index (χ2v) is 4.47. The van der Waals surface area contributed by atoms with E-state index in [9.17, 15) is 4.79 Å². The summed E-state index contributed by atoms with van der Waals surface area (Å²) in [5, 5.41) is 2.77. The average Bonchev–Trinajstić information content (AvgIpc) is 2.46. The van der Waals surface area contributed by atoms with E-state index in [1.54, 1.807) is 48.8 Å². The zero-order chi connectivity index (χ0) is 14.4. The van der Waals surface area contributed by atoms with E-state index >= 15 is 0 Å². The molecule has 1 aromatic carbocycles. The maximum absolute atomic E-state index is 12.0. The van der Waals surface area contributed by atoms with Gasteiger partial charge < -0.3 is 10.1 Å². The van der Waals surface area contributed by atoms with Gasteiger partial charge in [0.2, 0.25) is 0 Å². The molecule has 0 unspecified atom stereocenters. The van der Waals surface area contributed by atoms with E-state index in [-0.39, 0.29) is 5.91 Å². The molecule has 0 radical (unpaired) electrons. The van der Waals surface area contributed by atoms with E-state index in [4.69, 9.17) is 4.74 Å². The number of hydrogen-bond donors (Lipinski definition) is 1. The summed E-state index contributed by atoms with van der Waals surface area (Å²) < 4.78 is 5.48. The lowest BCUT2D eigenvalue weighted by molar-refractivity contribution is 0.102. The Morgan fingerprint density at radius 2 is 2.05 bits per heavy atom. The van der Waals surface area contributed by atoms with Crippen molar-refractivity contribution in [1.29, 1.82) is 0 Å². The molecule has 1 amide bonds. The Labute approximate surface area is 118 Å². The molecule has 4 heteroatoms. The molecule has 102 valence electrons. The molecule has 4 nitrogen and oxygen atoms in total. The SMILES string of the molecule is C=C(C)COc1ccc(C(=O)Nc2cccnc2)cc1. The van der Waals surface area contributed by atoms with E-state index in [1.165, 1.54) is 0 Å². The molecule has 0 atom stereocenters. The van der Waals surface area contributed by atoms with E-state index in [0.29, 0.717) is 23.6 Å². The number of aromatic nitrogens is 1. The number of benzene rings is 1. The summed E-state index contributed by atoms with van der Waals surface area (Å²) >= 11 is 0. The zero-order valence-electron chi connectivity index (χ0n) is 11.3. The van der Waals surface area contributed by atoms with Crippen LogP contribution in [0, 0.1) is 0 Å². The van der Waals surface area contributed by atoms with Crippen molar-refractivity contribution in [3.63, 3.8) is 0 Å². The number of amides is 1. The van der Waals surface area contributed by atoms with Crippen molar-refractivity contribution >= 4 is 11.6 Å². The Morgan fingerprint density at radius 1 is 1.30 bits per heavy atom. The lowest BCUT2D eigenvalue weighted by atomic mass is 10.2. The monoisotopic (exact) mass is 268 g/mol. The highest BCUT2D eigenvalue weighted by Crippen LogP contribution is 2.14. The van der Waals surface area contributed by atoms with Crippen LogP contribution in [0.5, 0.6) is 5.75 Å². The Hall–Kier alpha value is -2.62. The summed E-state index contributed by atoms with van der Waals surface area (Å²) in [7, 11) is 0. The van der Waals surface area contributed by atoms with Crippen LogP contribution < -0.4 is 10.1 Å². The van der Waals surface area contributed by atoms with Crippen molar-refractivity contribution in [2.75, 3.05) is 11.9 Å². The van der Waals surface area contributed by atoms with Gasteiger partial charge in [-0.05, 0) is 48.9 Å². The quantitative estimate of drug-likeness (QED) is 0.846. The number of anilines is 1. The fourth-order valence-electron chi connectivity index (χ4n) is 1.55. The Balaban J connectivity index is 1.99. The molecule has 0 aliphatic rings. The van der Waals surface area contributed by atoms with Gasteiger partial charge in [0, 0.05) is 11.8 Å². The third-order valence-electron chi connectivity index (χ3n) is 2.52. The molecule has 2 aromatic rings. The highest BCUT2D eigenvalue weighted by Gasteiger charge is 2.06.